The average molecular weight is 210 g/mol. The number of carbonyl (C=O) groups excluding carboxylic acids is 1. The third-order valence-electron chi connectivity index (χ3n) is 2.31. The molecule has 0 aromatic carbocycles. The van der Waals surface area contributed by atoms with Crippen LogP contribution in [0.5, 0.6) is 0 Å². The van der Waals surface area contributed by atoms with Crippen LogP contribution in [0.4, 0.5) is 6.01 Å². The monoisotopic (exact) mass is 210 g/mol. The third-order valence-corrected chi connectivity index (χ3v) is 2.31. The van der Waals surface area contributed by atoms with Crippen LogP contribution in [-0.4, -0.2) is 28.5 Å². The fourth-order valence-electron chi connectivity index (χ4n) is 1.52. The van der Waals surface area contributed by atoms with Crippen LogP contribution in [0, 0.1) is 12.8 Å². The average Bonchev–Trinajstić information content (AvgIpc) is 2.71. The summed E-state index contributed by atoms with van der Waals surface area (Å²) in [4.78, 5) is 27.4. The van der Waals surface area contributed by atoms with Crippen LogP contribution >= 0.6 is 0 Å². The van der Waals surface area contributed by atoms with Crippen LogP contribution in [-0.2, 0) is 9.59 Å². The van der Waals surface area contributed by atoms with Gasteiger partial charge in [0.1, 0.15) is 6.26 Å². The molecule has 15 heavy (non-hydrogen) atoms. The van der Waals surface area contributed by atoms with Gasteiger partial charge in [0, 0.05) is 13.0 Å². The van der Waals surface area contributed by atoms with Gasteiger partial charge in [0.25, 0.3) is 0 Å². The number of carbonyl (C=O) groups is 2. The topological polar surface area (TPSA) is 83.6 Å². The maximum Gasteiger partial charge on any atom is 0.308 e. The second-order valence-electron chi connectivity index (χ2n) is 3.52. The number of rotatable bonds is 2. The summed E-state index contributed by atoms with van der Waals surface area (Å²) in [5.74, 6) is -1.89. The van der Waals surface area contributed by atoms with Gasteiger partial charge in [-0.3, -0.25) is 14.5 Å². The van der Waals surface area contributed by atoms with Crippen molar-refractivity contribution in [3.63, 3.8) is 0 Å². The van der Waals surface area contributed by atoms with Crippen LogP contribution in [0.1, 0.15) is 12.1 Å². The van der Waals surface area contributed by atoms with Crippen molar-refractivity contribution in [3.05, 3.63) is 12.0 Å². The normalized spacial score (nSPS) is 21.0. The molecule has 6 nitrogen and oxygen atoms in total. The van der Waals surface area contributed by atoms with E-state index in [0.717, 1.165) is 0 Å². The predicted octanol–water partition coefficient (Wildman–Crippen LogP) is 0.421. The lowest BCUT2D eigenvalue weighted by Gasteiger charge is -2.09. The second-order valence-corrected chi connectivity index (χ2v) is 3.52. The summed E-state index contributed by atoms with van der Waals surface area (Å²) in [5, 5.41) is 8.77. The van der Waals surface area contributed by atoms with Crippen molar-refractivity contribution in [2.24, 2.45) is 5.92 Å². The molecule has 1 aliphatic heterocycles. The molecule has 0 radical (unpaired) electrons. The number of aromatic nitrogens is 1. The summed E-state index contributed by atoms with van der Waals surface area (Å²) < 4.78 is 5.05. The zero-order valence-electron chi connectivity index (χ0n) is 8.14. The Balaban J connectivity index is 2.18. The van der Waals surface area contributed by atoms with Gasteiger partial charge in [-0.15, -0.1) is 0 Å². The van der Waals surface area contributed by atoms with E-state index in [4.69, 9.17) is 9.52 Å². The first kappa shape index (κ1) is 9.70. The summed E-state index contributed by atoms with van der Waals surface area (Å²) in [6.45, 7) is 1.87. The first-order valence-corrected chi connectivity index (χ1v) is 4.53. The number of hydrogen-bond donors (Lipinski definition) is 1. The minimum Gasteiger partial charge on any atom is -0.481 e. The van der Waals surface area contributed by atoms with Crippen molar-refractivity contribution in [2.45, 2.75) is 13.3 Å². The van der Waals surface area contributed by atoms with Gasteiger partial charge in [0.2, 0.25) is 5.91 Å². The number of nitrogens with zero attached hydrogens (tertiary/aromatic N) is 2. The summed E-state index contributed by atoms with van der Waals surface area (Å²) in [6, 6.07) is 0.182. The first-order chi connectivity index (χ1) is 7.08. The molecule has 1 fully saturated rings. The van der Waals surface area contributed by atoms with E-state index in [-0.39, 0.29) is 24.9 Å². The zero-order valence-corrected chi connectivity index (χ0v) is 8.14. The van der Waals surface area contributed by atoms with Crippen molar-refractivity contribution in [2.75, 3.05) is 11.4 Å². The molecule has 1 aliphatic rings. The lowest BCUT2D eigenvalue weighted by molar-refractivity contribution is -0.141. The molecular formula is C9H10N2O4. The maximum atomic E-state index is 11.5. The molecule has 2 heterocycles. The molecule has 1 atom stereocenters. The summed E-state index contributed by atoms with van der Waals surface area (Å²) >= 11 is 0. The highest BCUT2D eigenvalue weighted by Crippen LogP contribution is 2.24. The highest BCUT2D eigenvalue weighted by molar-refractivity contribution is 5.97. The highest BCUT2D eigenvalue weighted by atomic mass is 16.4. The molecule has 1 unspecified atom stereocenters. The zero-order chi connectivity index (χ0) is 11.0. The smallest absolute Gasteiger partial charge is 0.308 e. The Morgan fingerprint density at radius 3 is 2.93 bits per heavy atom. The fraction of sp³-hybridized carbons (Fsp3) is 0.444. The molecule has 1 aromatic rings. The second kappa shape index (κ2) is 3.38. The van der Waals surface area contributed by atoms with Crippen LogP contribution < -0.4 is 4.90 Å². The molecule has 1 N–H and O–H groups in total. The number of anilines is 1. The Morgan fingerprint density at radius 2 is 2.47 bits per heavy atom. The van der Waals surface area contributed by atoms with Gasteiger partial charge in [-0.25, -0.2) is 0 Å². The van der Waals surface area contributed by atoms with Crippen LogP contribution in [0.2, 0.25) is 0 Å². The number of oxazole rings is 1. The van der Waals surface area contributed by atoms with Gasteiger partial charge in [-0.1, -0.05) is 0 Å². The van der Waals surface area contributed by atoms with Gasteiger partial charge < -0.3 is 9.52 Å². The summed E-state index contributed by atoms with van der Waals surface area (Å²) in [6.07, 6.45) is 1.44. The minimum absolute atomic E-state index is 0.0107. The van der Waals surface area contributed by atoms with Crippen molar-refractivity contribution >= 4 is 17.9 Å². The SMILES string of the molecule is Cc1coc(N2CC(C(=O)O)CC2=O)n1. The van der Waals surface area contributed by atoms with Crippen molar-refractivity contribution < 1.29 is 19.1 Å². The van der Waals surface area contributed by atoms with Crippen LogP contribution in [0.3, 0.4) is 0 Å². The number of aryl methyl sites for hydroxylation is 1. The number of amides is 1. The molecule has 2 rings (SSSR count). The van der Waals surface area contributed by atoms with Crippen LogP contribution in [0.15, 0.2) is 10.7 Å². The van der Waals surface area contributed by atoms with Gasteiger partial charge >= 0.3 is 12.0 Å². The Kier molecular flexibility index (Phi) is 2.18. The summed E-state index contributed by atoms with van der Waals surface area (Å²) in [7, 11) is 0. The standard InChI is InChI=1S/C9H10N2O4/c1-5-4-15-9(10-5)11-3-6(8(13)14)2-7(11)12/h4,6H,2-3H2,1H3,(H,13,14). The summed E-state index contributed by atoms with van der Waals surface area (Å²) in [5.41, 5.74) is 0.663. The lowest BCUT2D eigenvalue weighted by atomic mass is 10.1. The van der Waals surface area contributed by atoms with Gasteiger partial charge in [0.05, 0.1) is 11.6 Å². The molecule has 0 spiro atoms. The van der Waals surface area contributed by atoms with E-state index in [9.17, 15) is 9.59 Å². The Bertz CT molecular complexity index is 412. The molecule has 0 aliphatic carbocycles. The molecule has 1 amide bonds. The van der Waals surface area contributed by atoms with E-state index in [0.29, 0.717) is 5.69 Å². The largest absolute Gasteiger partial charge is 0.481 e. The molecule has 0 bridgehead atoms. The Hall–Kier alpha value is -1.85. The van der Waals surface area contributed by atoms with E-state index < -0.39 is 11.9 Å². The molecular weight excluding hydrogens is 200 g/mol. The predicted molar refractivity (Wildman–Crippen MR) is 49.3 cm³/mol. The molecule has 80 valence electrons. The molecule has 6 heteroatoms. The fourth-order valence-corrected chi connectivity index (χ4v) is 1.52. The number of hydrogen-bond acceptors (Lipinski definition) is 4. The minimum atomic E-state index is -0.964. The van der Waals surface area contributed by atoms with Crippen LogP contribution in [0.25, 0.3) is 0 Å². The quantitative estimate of drug-likeness (QED) is 0.764. The number of carboxylic acids is 1. The first-order valence-electron chi connectivity index (χ1n) is 4.53. The molecule has 1 aromatic heterocycles. The number of aliphatic carboxylic acids is 1. The third kappa shape index (κ3) is 1.70. The lowest BCUT2D eigenvalue weighted by Crippen LogP contribution is -2.26. The molecule has 1 saturated heterocycles. The van der Waals surface area contributed by atoms with Crippen molar-refractivity contribution in [1.29, 1.82) is 0 Å². The van der Waals surface area contributed by atoms with E-state index in [1.807, 2.05) is 0 Å². The van der Waals surface area contributed by atoms with Crippen molar-refractivity contribution in [3.8, 4) is 0 Å². The van der Waals surface area contributed by atoms with E-state index in [1.165, 1.54) is 11.2 Å². The molecule has 0 saturated carbocycles. The van der Waals surface area contributed by atoms with E-state index in [1.54, 1.807) is 6.92 Å². The highest BCUT2D eigenvalue weighted by Gasteiger charge is 2.37. The Morgan fingerprint density at radius 1 is 1.73 bits per heavy atom. The number of carboxylic acid groups (broad SMARTS) is 1. The Labute approximate surface area is 85.5 Å². The van der Waals surface area contributed by atoms with E-state index in [2.05, 4.69) is 4.98 Å². The maximum absolute atomic E-state index is 11.5. The van der Waals surface area contributed by atoms with E-state index >= 15 is 0 Å². The van der Waals surface area contributed by atoms with Gasteiger partial charge in [-0.2, -0.15) is 4.98 Å². The van der Waals surface area contributed by atoms with Gasteiger partial charge in [-0.05, 0) is 6.92 Å². The van der Waals surface area contributed by atoms with Gasteiger partial charge in [0.15, 0.2) is 0 Å². The van der Waals surface area contributed by atoms with Crippen molar-refractivity contribution in [1.82, 2.24) is 4.98 Å².